The monoisotopic (exact) mass is 535 g/mol. The predicted octanol–water partition coefficient (Wildman–Crippen LogP) is 4.10. The van der Waals surface area contributed by atoms with Crippen LogP contribution in [0.1, 0.15) is 36.1 Å². The van der Waals surface area contributed by atoms with Crippen LogP contribution in [0.3, 0.4) is 0 Å². The number of nitrogens with one attached hydrogen (secondary N) is 1. The molecule has 0 saturated heterocycles. The molecule has 1 atom stereocenters. The molecule has 8 heteroatoms. The molecule has 0 aliphatic rings. The number of hydrogen-bond acceptors (Lipinski definition) is 4. The Kier molecular flexibility index (Phi) is 10.1. The molecule has 0 radical (unpaired) electrons. The van der Waals surface area contributed by atoms with E-state index in [2.05, 4.69) is 5.32 Å². The molecule has 3 rings (SSSR count). The summed E-state index contributed by atoms with van der Waals surface area (Å²) in [6, 6.07) is 23.6. The SMILES string of the molecule is CCNC(=O)[C@@H](Cc1ccccc1)N(Cc1cccc(C)c1)C(=O)CN(c1ccc(CC)cc1)S(C)(=O)=O. The van der Waals surface area contributed by atoms with Crippen molar-refractivity contribution in [2.24, 2.45) is 0 Å². The highest BCUT2D eigenvalue weighted by Gasteiger charge is 2.32. The summed E-state index contributed by atoms with van der Waals surface area (Å²) >= 11 is 0. The third-order valence-corrected chi connectivity index (χ3v) is 7.51. The lowest BCUT2D eigenvalue weighted by Gasteiger charge is -2.33. The van der Waals surface area contributed by atoms with Gasteiger partial charge in [-0.3, -0.25) is 13.9 Å². The van der Waals surface area contributed by atoms with Gasteiger partial charge in [0.25, 0.3) is 0 Å². The van der Waals surface area contributed by atoms with E-state index in [9.17, 15) is 18.0 Å². The first-order valence-corrected chi connectivity index (χ1v) is 14.7. The molecule has 0 spiro atoms. The van der Waals surface area contributed by atoms with Crippen molar-refractivity contribution in [1.82, 2.24) is 10.2 Å². The van der Waals surface area contributed by atoms with Gasteiger partial charge in [0.05, 0.1) is 11.9 Å². The molecule has 0 saturated carbocycles. The molecule has 3 aromatic rings. The number of benzene rings is 3. The minimum absolute atomic E-state index is 0.168. The Hall–Kier alpha value is -3.65. The van der Waals surface area contributed by atoms with Gasteiger partial charge in [-0.1, -0.05) is 79.2 Å². The summed E-state index contributed by atoms with van der Waals surface area (Å²) in [5, 5.41) is 2.86. The molecule has 0 heterocycles. The first-order chi connectivity index (χ1) is 18.1. The Bertz CT molecular complexity index is 1330. The Labute approximate surface area is 226 Å². The first-order valence-electron chi connectivity index (χ1n) is 12.9. The van der Waals surface area contributed by atoms with E-state index in [0.29, 0.717) is 18.7 Å². The molecule has 2 amide bonds. The molecule has 1 N–H and O–H groups in total. The topological polar surface area (TPSA) is 86.8 Å². The van der Waals surface area contributed by atoms with Crippen LogP contribution in [-0.4, -0.2) is 50.5 Å². The Morgan fingerprint density at radius 1 is 0.868 bits per heavy atom. The number of aryl methyl sites for hydroxylation is 2. The summed E-state index contributed by atoms with van der Waals surface area (Å²) in [5.41, 5.74) is 4.26. The maximum absolute atomic E-state index is 14.0. The number of carbonyl (C=O) groups excluding carboxylic acids is 2. The van der Waals surface area contributed by atoms with E-state index in [4.69, 9.17) is 0 Å². The van der Waals surface area contributed by atoms with E-state index in [0.717, 1.165) is 39.2 Å². The van der Waals surface area contributed by atoms with Gasteiger partial charge >= 0.3 is 0 Å². The zero-order valence-corrected chi connectivity index (χ0v) is 23.4. The van der Waals surface area contributed by atoms with Gasteiger partial charge in [0.15, 0.2) is 0 Å². The number of anilines is 1. The average molecular weight is 536 g/mol. The number of carbonyl (C=O) groups is 2. The van der Waals surface area contributed by atoms with Crippen LogP contribution in [0.15, 0.2) is 78.9 Å². The minimum Gasteiger partial charge on any atom is -0.355 e. The lowest BCUT2D eigenvalue weighted by atomic mass is 10.0. The Balaban J connectivity index is 2.02. The molecule has 0 aliphatic heterocycles. The molecular weight excluding hydrogens is 498 g/mol. The highest BCUT2D eigenvalue weighted by atomic mass is 32.2. The maximum atomic E-state index is 14.0. The first kappa shape index (κ1) is 28.9. The Morgan fingerprint density at radius 3 is 2.11 bits per heavy atom. The molecule has 0 bridgehead atoms. The second-order valence-corrected chi connectivity index (χ2v) is 11.3. The second kappa shape index (κ2) is 13.2. The maximum Gasteiger partial charge on any atom is 0.244 e. The van der Waals surface area contributed by atoms with Crippen molar-refractivity contribution in [3.8, 4) is 0 Å². The van der Waals surface area contributed by atoms with E-state index in [-0.39, 0.29) is 12.5 Å². The minimum atomic E-state index is -3.78. The number of hydrogen-bond donors (Lipinski definition) is 1. The highest BCUT2D eigenvalue weighted by molar-refractivity contribution is 7.92. The molecule has 3 aromatic carbocycles. The fraction of sp³-hybridized carbons (Fsp3) is 0.333. The van der Waals surface area contributed by atoms with Crippen molar-refractivity contribution < 1.29 is 18.0 Å². The fourth-order valence-corrected chi connectivity index (χ4v) is 5.21. The van der Waals surface area contributed by atoms with Crippen LogP contribution in [0.25, 0.3) is 0 Å². The molecule has 38 heavy (non-hydrogen) atoms. The van der Waals surface area contributed by atoms with Gasteiger partial charge in [0, 0.05) is 19.5 Å². The molecule has 0 fully saturated rings. The van der Waals surface area contributed by atoms with Crippen molar-refractivity contribution >= 4 is 27.5 Å². The summed E-state index contributed by atoms with van der Waals surface area (Å²) in [7, 11) is -3.78. The number of amides is 2. The van der Waals surface area contributed by atoms with E-state index in [1.54, 1.807) is 12.1 Å². The van der Waals surface area contributed by atoms with Crippen LogP contribution in [0.2, 0.25) is 0 Å². The van der Waals surface area contributed by atoms with Gasteiger partial charge in [-0.05, 0) is 49.1 Å². The molecule has 7 nitrogen and oxygen atoms in total. The molecule has 0 aromatic heterocycles. The summed E-state index contributed by atoms with van der Waals surface area (Å²) in [5.74, 6) is -0.737. The number of rotatable bonds is 12. The standard InChI is InChI=1S/C30H37N3O4S/c1-5-24-15-17-27(18-16-24)33(38(4,36)37)22-29(34)32(21-26-14-10-11-23(3)19-26)28(30(35)31-6-2)20-25-12-8-7-9-13-25/h7-19,28H,5-6,20-22H2,1-4H3,(H,31,35)/t28-/m1/s1. The van der Waals surface area contributed by atoms with Crippen molar-refractivity contribution in [3.63, 3.8) is 0 Å². The van der Waals surface area contributed by atoms with Crippen LogP contribution in [0.5, 0.6) is 0 Å². The van der Waals surface area contributed by atoms with Crippen LogP contribution < -0.4 is 9.62 Å². The predicted molar refractivity (Wildman–Crippen MR) is 152 cm³/mol. The van der Waals surface area contributed by atoms with E-state index >= 15 is 0 Å². The van der Waals surface area contributed by atoms with Gasteiger partial charge in [-0.15, -0.1) is 0 Å². The summed E-state index contributed by atoms with van der Waals surface area (Å²) < 4.78 is 26.7. The summed E-state index contributed by atoms with van der Waals surface area (Å²) in [6.45, 7) is 5.98. The number of sulfonamides is 1. The highest BCUT2D eigenvalue weighted by Crippen LogP contribution is 2.21. The molecule has 202 valence electrons. The summed E-state index contributed by atoms with van der Waals surface area (Å²) in [6.07, 6.45) is 2.20. The lowest BCUT2D eigenvalue weighted by molar-refractivity contribution is -0.140. The number of nitrogens with zero attached hydrogens (tertiary/aromatic N) is 2. The van der Waals surface area contributed by atoms with Crippen molar-refractivity contribution in [3.05, 3.63) is 101 Å². The average Bonchev–Trinajstić information content (AvgIpc) is 2.89. The normalized spacial score (nSPS) is 12.0. The molecule has 0 aliphatic carbocycles. The van der Waals surface area contributed by atoms with Gasteiger partial charge in [-0.2, -0.15) is 0 Å². The Morgan fingerprint density at radius 2 is 1.53 bits per heavy atom. The van der Waals surface area contributed by atoms with E-state index in [1.807, 2.05) is 87.5 Å². The van der Waals surface area contributed by atoms with Crippen molar-refractivity contribution in [1.29, 1.82) is 0 Å². The third kappa shape index (κ3) is 7.92. The smallest absolute Gasteiger partial charge is 0.244 e. The van der Waals surface area contributed by atoms with Crippen molar-refractivity contribution in [2.75, 3.05) is 23.7 Å². The largest absolute Gasteiger partial charge is 0.355 e. The lowest BCUT2D eigenvalue weighted by Crippen LogP contribution is -2.53. The van der Waals surface area contributed by atoms with Crippen molar-refractivity contribution in [2.45, 2.75) is 46.2 Å². The van der Waals surface area contributed by atoms with Gasteiger partial charge < -0.3 is 10.2 Å². The quantitative estimate of drug-likeness (QED) is 0.378. The third-order valence-electron chi connectivity index (χ3n) is 6.37. The summed E-state index contributed by atoms with van der Waals surface area (Å²) in [4.78, 5) is 28.8. The van der Waals surface area contributed by atoms with Gasteiger partial charge in [0.2, 0.25) is 21.8 Å². The molecule has 0 unspecified atom stereocenters. The van der Waals surface area contributed by atoms with Gasteiger partial charge in [0.1, 0.15) is 12.6 Å². The van der Waals surface area contributed by atoms with E-state index < -0.39 is 28.5 Å². The van der Waals surface area contributed by atoms with E-state index in [1.165, 1.54) is 4.90 Å². The van der Waals surface area contributed by atoms with Crippen LogP contribution in [-0.2, 0) is 39.0 Å². The second-order valence-electron chi connectivity index (χ2n) is 9.40. The zero-order valence-electron chi connectivity index (χ0n) is 22.6. The number of likely N-dealkylation sites (N-methyl/N-ethyl adjacent to an activating group) is 1. The van der Waals surface area contributed by atoms with Crippen LogP contribution >= 0.6 is 0 Å². The zero-order chi connectivity index (χ0) is 27.7. The molecular formula is C30H37N3O4S. The fourth-order valence-electron chi connectivity index (χ4n) is 4.36. The van der Waals surface area contributed by atoms with Crippen LogP contribution in [0, 0.1) is 6.92 Å². The van der Waals surface area contributed by atoms with Gasteiger partial charge in [-0.25, -0.2) is 8.42 Å². The van der Waals surface area contributed by atoms with Crippen LogP contribution in [0.4, 0.5) is 5.69 Å².